The Morgan fingerprint density at radius 3 is 2.53 bits per heavy atom. The number of hydrogen-bond donors (Lipinski definition) is 1. The van der Waals surface area contributed by atoms with E-state index in [1.807, 2.05) is 19.1 Å². The van der Waals surface area contributed by atoms with E-state index in [0.29, 0.717) is 12.6 Å². The molecule has 0 saturated carbocycles. The molecule has 0 amide bonds. The SMILES string of the molecule is C=C(C)COc1ccc(CC(C)NCC)cc1. The van der Waals surface area contributed by atoms with Crippen LogP contribution in [-0.4, -0.2) is 19.2 Å². The molecule has 0 aliphatic rings. The van der Waals surface area contributed by atoms with Gasteiger partial charge in [0.05, 0.1) is 0 Å². The molecule has 1 N–H and O–H groups in total. The molecule has 1 atom stereocenters. The summed E-state index contributed by atoms with van der Waals surface area (Å²) in [5, 5.41) is 3.41. The van der Waals surface area contributed by atoms with Crippen molar-refractivity contribution in [3.8, 4) is 5.75 Å². The van der Waals surface area contributed by atoms with Crippen LogP contribution in [0.5, 0.6) is 5.75 Å². The number of likely N-dealkylation sites (N-methyl/N-ethyl adjacent to an activating group) is 1. The molecule has 2 heteroatoms. The molecule has 0 aliphatic heterocycles. The first kappa shape index (κ1) is 13.8. The zero-order valence-electron chi connectivity index (χ0n) is 11.1. The molecule has 0 aromatic heterocycles. The summed E-state index contributed by atoms with van der Waals surface area (Å²) in [5.41, 5.74) is 2.37. The third-order valence-electron chi connectivity index (χ3n) is 2.50. The molecular formula is C15H23NO. The molecule has 17 heavy (non-hydrogen) atoms. The Balaban J connectivity index is 2.47. The molecule has 0 radical (unpaired) electrons. The van der Waals surface area contributed by atoms with Gasteiger partial charge in [-0.05, 0) is 50.1 Å². The lowest BCUT2D eigenvalue weighted by Gasteiger charge is -2.12. The van der Waals surface area contributed by atoms with E-state index in [0.717, 1.165) is 24.3 Å². The Kier molecular flexibility index (Phi) is 5.78. The van der Waals surface area contributed by atoms with Gasteiger partial charge in [-0.2, -0.15) is 0 Å². The first-order valence-corrected chi connectivity index (χ1v) is 6.21. The summed E-state index contributed by atoms with van der Waals surface area (Å²) >= 11 is 0. The van der Waals surface area contributed by atoms with Crippen molar-refractivity contribution < 1.29 is 4.74 Å². The molecule has 1 rings (SSSR count). The van der Waals surface area contributed by atoms with Gasteiger partial charge in [-0.15, -0.1) is 0 Å². The number of nitrogens with one attached hydrogen (secondary N) is 1. The van der Waals surface area contributed by atoms with Crippen LogP contribution in [0.3, 0.4) is 0 Å². The Labute approximate surface area is 105 Å². The molecule has 1 aromatic carbocycles. The van der Waals surface area contributed by atoms with E-state index in [1.54, 1.807) is 0 Å². The highest BCUT2D eigenvalue weighted by atomic mass is 16.5. The van der Waals surface area contributed by atoms with E-state index in [2.05, 4.69) is 37.9 Å². The molecule has 2 nitrogen and oxygen atoms in total. The molecule has 1 unspecified atom stereocenters. The largest absolute Gasteiger partial charge is 0.489 e. The molecular weight excluding hydrogens is 210 g/mol. The summed E-state index contributed by atoms with van der Waals surface area (Å²) < 4.78 is 5.56. The highest BCUT2D eigenvalue weighted by Crippen LogP contribution is 2.14. The molecule has 0 bridgehead atoms. The lowest BCUT2D eigenvalue weighted by atomic mass is 10.1. The summed E-state index contributed by atoms with van der Waals surface area (Å²) in [6, 6.07) is 8.82. The second-order valence-corrected chi connectivity index (χ2v) is 4.55. The van der Waals surface area contributed by atoms with Crippen molar-refractivity contribution in [1.82, 2.24) is 5.32 Å². The fourth-order valence-corrected chi connectivity index (χ4v) is 1.70. The summed E-state index contributed by atoms with van der Waals surface area (Å²) in [6.45, 7) is 11.7. The maximum atomic E-state index is 5.56. The van der Waals surface area contributed by atoms with E-state index in [-0.39, 0.29) is 0 Å². The van der Waals surface area contributed by atoms with Crippen LogP contribution >= 0.6 is 0 Å². The smallest absolute Gasteiger partial charge is 0.119 e. The van der Waals surface area contributed by atoms with Crippen LogP contribution in [0.4, 0.5) is 0 Å². The van der Waals surface area contributed by atoms with Gasteiger partial charge in [-0.1, -0.05) is 25.6 Å². The van der Waals surface area contributed by atoms with Crippen molar-refractivity contribution >= 4 is 0 Å². The highest BCUT2D eigenvalue weighted by Gasteiger charge is 2.02. The minimum Gasteiger partial charge on any atom is -0.489 e. The average molecular weight is 233 g/mol. The van der Waals surface area contributed by atoms with Crippen LogP contribution in [0.15, 0.2) is 36.4 Å². The Hall–Kier alpha value is -1.28. The number of hydrogen-bond acceptors (Lipinski definition) is 2. The van der Waals surface area contributed by atoms with Crippen molar-refractivity contribution in [3.05, 3.63) is 42.0 Å². The average Bonchev–Trinajstić information content (AvgIpc) is 2.28. The minimum atomic E-state index is 0.516. The van der Waals surface area contributed by atoms with Gasteiger partial charge in [0.2, 0.25) is 0 Å². The van der Waals surface area contributed by atoms with Crippen molar-refractivity contribution in [1.29, 1.82) is 0 Å². The summed E-state index contributed by atoms with van der Waals surface area (Å²) in [7, 11) is 0. The Morgan fingerprint density at radius 1 is 1.35 bits per heavy atom. The predicted molar refractivity (Wildman–Crippen MR) is 73.6 cm³/mol. The molecule has 0 fully saturated rings. The highest BCUT2D eigenvalue weighted by molar-refractivity contribution is 5.28. The maximum absolute atomic E-state index is 5.56. The van der Waals surface area contributed by atoms with Gasteiger partial charge in [0.25, 0.3) is 0 Å². The van der Waals surface area contributed by atoms with E-state index < -0.39 is 0 Å². The monoisotopic (exact) mass is 233 g/mol. The van der Waals surface area contributed by atoms with Gasteiger partial charge in [-0.25, -0.2) is 0 Å². The van der Waals surface area contributed by atoms with Gasteiger partial charge in [-0.3, -0.25) is 0 Å². The van der Waals surface area contributed by atoms with Crippen LogP contribution in [0.2, 0.25) is 0 Å². The predicted octanol–water partition coefficient (Wildman–Crippen LogP) is 3.18. The fraction of sp³-hybridized carbons (Fsp3) is 0.467. The fourth-order valence-electron chi connectivity index (χ4n) is 1.70. The summed E-state index contributed by atoms with van der Waals surface area (Å²) in [6.07, 6.45) is 1.05. The molecule has 0 heterocycles. The zero-order valence-corrected chi connectivity index (χ0v) is 11.1. The lowest BCUT2D eigenvalue weighted by Crippen LogP contribution is -2.27. The normalized spacial score (nSPS) is 12.2. The molecule has 0 spiro atoms. The van der Waals surface area contributed by atoms with Crippen molar-refractivity contribution in [2.45, 2.75) is 33.2 Å². The van der Waals surface area contributed by atoms with E-state index in [9.17, 15) is 0 Å². The van der Waals surface area contributed by atoms with Crippen LogP contribution in [0, 0.1) is 0 Å². The minimum absolute atomic E-state index is 0.516. The quantitative estimate of drug-likeness (QED) is 0.730. The Morgan fingerprint density at radius 2 is 2.00 bits per heavy atom. The number of benzene rings is 1. The van der Waals surface area contributed by atoms with Gasteiger partial charge < -0.3 is 10.1 Å². The molecule has 0 aliphatic carbocycles. The summed E-state index contributed by atoms with van der Waals surface area (Å²) in [4.78, 5) is 0. The van der Waals surface area contributed by atoms with E-state index >= 15 is 0 Å². The van der Waals surface area contributed by atoms with Gasteiger partial charge >= 0.3 is 0 Å². The van der Waals surface area contributed by atoms with Crippen molar-refractivity contribution in [2.24, 2.45) is 0 Å². The van der Waals surface area contributed by atoms with Crippen LogP contribution < -0.4 is 10.1 Å². The van der Waals surface area contributed by atoms with Gasteiger partial charge in [0.1, 0.15) is 12.4 Å². The van der Waals surface area contributed by atoms with E-state index in [4.69, 9.17) is 4.74 Å². The van der Waals surface area contributed by atoms with Crippen LogP contribution in [0.25, 0.3) is 0 Å². The molecule has 94 valence electrons. The van der Waals surface area contributed by atoms with Crippen LogP contribution in [-0.2, 0) is 6.42 Å². The third-order valence-corrected chi connectivity index (χ3v) is 2.50. The number of ether oxygens (including phenoxy) is 1. The Bertz CT molecular complexity index is 342. The van der Waals surface area contributed by atoms with Gasteiger partial charge in [0, 0.05) is 6.04 Å². The summed E-state index contributed by atoms with van der Waals surface area (Å²) in [5.74, 6) is 0.910. The van der Waals surface area contributed by atoms with E-state index in [1.165, 1.54) is 5.56 Å². The number of rotatable bonds is 7. The van der Waals surface area contributed by atoms with Crippen molar-refractivity contribution in [3.63, 3.8) is 0 Å². The second kappa shape index (κ2) is 7.13. The topological polar surface area (TPSA) is 21.3 Å². The molecule has 0 saturated heterocycles. The second-order valence-electron chi connectivity index (χ2n) is 4.55. The molecule has 1 aromatic rings. The maximum Gasteiger partial charge on any atom is 0.119 e. The first-order valence-electron chi connectivity index (χ1n) is 6.21. The third kappa shape index (κ3) is 5.55. The first-order chi connectivity index (χ1) is 8.11. The standard InChI is InChI=1S/C15H23NO/c1-5-16-13(4)10-14-6-8-15(9-7-14)17-11-12(2)3/h6-9,13,16H,2,5,10-11H2,1,3-4H3. The lowest BCUT2D eigenvalue weighted by molar-refractivity contribution is 0.352. The zero-order chi connectivity index (χ0) is 12.7. The van der Waals surface area contributed by atoms with Gasteiger partial charge in [0.15, 0.2) is 0 Å². The van der Waals surface area contributed by atoms with Crippen LogP contribution in [0.1, 0.15) is 26.3 Å². The van der Waals surface area contributed by atoms with Crippen molar-refractivity contribution in [2.75, 3.05) is 13.2 Å².